The van der Waals surface area contributed by atoms with Gasteiger partial charge in [0.2, 0.25) is 5.52 Å². The molecule has 0 spiro atoms. The highest BCUT2D eigenvalue weighted by molar-refractivity contribution is 8.03. The van der Waals surface area contributed by atoms with Gasteiger partial charge in [0.15, 0.2) is 0 Å². The number of thiazole rings is 1. The molecule has 0 amide bonds. The van der Waals surface area contributed by atoms with E-state index >= 15 is 0 Å². The van der Waals surface area contributed by atoms with Crippen molar-refractivity contribution in [2.24, 2.45) is 0 Å². The van der Waals surface area contributed by atoms with E-state index in [-0.39, 0.29) is 24.0 Å². The van der Waals surface area contributed by atoms with Gasteiger partial charge < -0.3 is 28.9 Å². The van der Waals surface area contributed by atoms with Crippen molar-refractivity contribution in [2.45, 2.75) is 25.3 Å². The molecule has 156 valence electrons. The van der Waals surface area contributed by atoms with Crippen molar-refractivity contribution in [1.82, 2.24) is 0 Å². The maximum absolute atomic E-state index is 6.15. The Morgan fingerprint density at radius 3 is 2.53 bits per heavy atom. The van der Waals surface area contributed by atoms with Crippen LogP contribution in [-0.2, 0) is 6.54 Å². The second kappa shape index (κ2) is 10.6. The van der Waals surface area contributed by atoms with Gasteiger partial charge in [-0.25, -0.2) is 0 Å². The average molecular weight is 587 g/mol. The molecule has 0 unspecified atom stereocenters. The molecular weight excluding hydrogens is 566 g/mol. The van der Waals surface area contributed by atoms with Gasteiger partial charge >= 0.3 is 0 Å². The summed E-state index contributed by atoms with van der Waals surface area (Å²) in [6.45, 7) is 6.19. The van der Waals surface area contributed by atoms with E-state index in [1.165, 1.54) is 30.8 Å². The molecule has 2 nitrogen and oxygen atoms in total. The smallest absolute Gasteiger partial charge is 0.262 e. The SMILES string of the molecule is CCN1/C(=C/C=C/C=C/c2sc3cc(Cl)ccc3[n+]2CC)Sc2cc(Cl)ccc21.[I-]. The van der Waals surface area contributed by atoms with Crippen LogP contribution in [0.1, 0.15) is 18.9 Å². The Bertz CT molecular complexity index is 1150. The van der Waals surface area contributed by atoms with Gasteiger partial charge in [-0.05, 0) is 50.3 Å². The van der Waals surface area contributed by atoms with Crippen LogP contribution in [0.2, 0.25) is 10.0 Å². The van der Waals surface area contributed by atoms with E-state index in [9.17, 15) is 0 Å². The van der Waals surface area contributed by atoms with E-state index in [1.54, 1.807) is 23.1 Å². The Balaban J connectivity index is 0.00000256. The van der Waals surface area contributed by atoms with Crippen LogP contribution in [0.25, 0.3) is 16.3 Å². The number of nitrogens with zero attached hydrogens (tertiary/aromatic N) is 2. The highest BCUT2D eigenvalue weighted by Crippen LogP contribution is 2.46. The van der Waals surface area contributed by atoms with Crippen LogP contribution in [-0.4, -0.2) is 6.54 Å². The van der Waals surface area contributed by atoms with E-state index in [0.29, 0.717) is 0 Å². The van der Waals surface area contributed by atoms with Crippen molar-refractivity contribution in [3.63, 3.8) is 0 Å². The van der Waals surface area contributed by atoms with Gasteiger partial charge in [-0.15, -0.1) is 0 Å². The second-order valence-electron chi connectivity index (χ2n) is 6.50. The molecule has 0 saturated carbocycles. The van der Waals surface area contributed by atoms with E-state index < -0.39 is 0 Å². The minimum Gasteiger partial charge on any atom is -1.00 e. The number of allylic oxidation sites excluding steroid dienone is 4. The highest BCUT2D eigenvalue weighted by Gasteiger charge is 2.23. The van der Waals surface area contributed by atoms with Crippen LogP contribution in [0.3, 0.4) is 0 Å². The lowest BCUT2D eigenvalue weighted by Crippen LogP contribution is -3.00. The molecule has 0 N–H and O–H groups in total. The van der Waals surface area contributed by atoms with Crippen molar-refractivity contribution >= 4 is 68.3 Å². The number of halogens is 3. The molecule has 1 aliphatic heterocycles. The number of aryl methyl sites for hydroxylation is 1. The molecule has 0 fully saturated rings. The number of hydrogen-bond acceptors (Lipinski definition) is 3. The van der Waals surface area contributed by atoms with Gasteiger partial charge in [-0.2, -0.15) is 4.57 Å². The predicted molar refractivity (Wildman–Crippen MR) is 129 cm³/mol. The summed E-state index contributed by atoms with van der Waals surface area (Å²) in [5, 5.41) is 3.99. The molecule has 1 aromatic heterocycles. The van der Waals surface area contributed by atoms with E-state index in [4.69, 9.17) is 23.2 Å². The minimum atomic E-state index is 0. The fourth-order valence-electron chi connectivity index (χ4n) is 3.40. The molecule has 2 aromatic carbocycles. The lowest BCUT2D eigenvalue weighted by atomic mass is 10.3. The van der Waals surface area contributed by atoms with Crippen molar-refractivity contribution in [3.05, 3.63) is 80.8 Å². The summed E-state index contributed by atoms with van der Waals surface area (Å²) in [7, 11) is 0. The van der Waals surface area contributed by atoms with Crippen molar-refractivity contribution < 1.29 is 28.5 Å². The number of aromatic nitrogens is 1. The number of thioether (sulfide) groups is 1. The third-order valence-electron chi connectivity index (χ3n) is 4.72. The first-order chi connectivity index (χ1) is 14.1. The number of anilines is 1. The molecule has 0 bridgehead atoms. The van der Waals surface area contributed by atoms with Crippen LogP contribution >= 0.6 is 46.3 Å². The molecule has 1 aliphatic rings. The van der Waals surface area contributed by atoms with Gasteiger partial charge in [-0.3, -0.25) is 0 Å². The van der Waals surface area contributed by atoms with Gasteiger partial charge in [0.25, 0.3) is 5.01 Å². The topological polar surface area (TPSA) is 7.12 Å². The third-order valence-corrected chi connectivity index (χ3v) is 7.41. The van der Waals surface area contributed by atoms with E-state index in [0.717, 1.165) is 23.1 Å². The molecule has 0 aliphatic carbocycles. The van der Waals surface area contributed by atoms with Crippen LogP contribution in [0.15, 0.2) is 70.6 Å². The first-order valence-corrected chi connectivity index (χ1v) is 11.9. The summed E-state index contributed by atoms with van der Waals surface area (Å²) in [6.07, 6.45) is 10.6. The molecule has 4 rings (SSSR count). The van der Waals surface area contributed by atoms with Gasteiger partial charge in [0, 0.05) is 33.6 Å². The molecule has 30 heavy (non-hydrogen) atoms. The minimum absolute atomic E-state index is 0. The van der Waals surface area contributed by atoms with Crippen molar-refractivity contribution in [3.8, 4) is 0 Å². The second-order valence-corrected chi connectivity index (χ2v) is 9.50. The lowest BCUT2D eigenvalue weighted by molar-refractivity contribution is -0.665. The summed E-state index contributed by atoms with van der Waals surface area (Å²) in [6, 6.07) is 12.2. The van der Waals surface area contributed by atoms with Gasteiger partial charge in [0.05, 0.1) is 10.7 Å². The summed E-state index contributed by atoms with van der Waals surface area (Å²) in [5.41, 5.74) is 2.45. The Morgan fingerprint density at radius 1 is 1.00 bits per heavy atom. The summed E-state index contributed by atoms with van der Waals surface area (Å²) in [4.78, 5) is 3.52. The maximum atomic E-state index is 6.15. The number of benzene rings is 2. The normalized spacial score (nSPS) is 14.9. The first kappa shape index (κ1) is 23.7. The third kappa shape index (κ3) is 4.91. The van der Waals surface area contributed by atoms with E-state index in [1.807, 2.05) is 24.3 Å². The molecular formula is C23H21Cl2IN2S2. The lowest BCUT2D eigenvalue weighted by Gasteiger charge is -2.17. The fourth-order valence-corrected chi connectivity index (χ4v) is 6.23. The summed E-state index contributed by atoms with van der Waals surface area (Å²) < 4.78 is 3.52. The fraction of sp³-hybridized carbons (Fsp3) is 0.174. The van der Waals surface area contributed by atoms with Gasteiger partial charge in [0.1, 0.15) is 11.2 Å². The largest absolute Gasteiger partial charge is 1.00 e. The Labute approximate surface area is 212 Å². The number of hydrogen-bond donors (Lipinski definition) is 0. The molecule has 0 saturated heterocycles. The standard InChI is InChI=1S/C23H21Cl2N2S2.HI/c1-3-26-18-12-10-16(24)14-20(18)28-22(26)8-6-5-7-9-23-27(4-2)19-13-11-17(25)15-21(19)29-23;/h5-15H,3-4H2,1-2H3;1H/q+1;/p-1. The molecule has 0 atom stereocenters. The van der Waals surface area contributed by atoms with Crippen LogP contribution in [0, 0.1) is 0 Å². The maximum Gasteiger partial charge on any atom is 0.262 e. The summed E-state index contributed by atoms with van der Waals surface area (Å²) in [5.74, 6) is 0. The monoisotopic (exact) mass is 586 g/mol. The number of fused-ring (bicyclic) bond motifs is 2. The van der Waals surface area contributed by atoms with Crippen LogP contribution < -0.4 is 33.4 Å². The quantitative estimate of drug-likeness (QED) is 0.246. The van der Waals surface area contributed by atoms with Crippen molar-refractivity contribution in [2.75, 3.05) is 11.4 Å². The Hall–Kier alpha value is -0.990. The molecule has 0 radical (unpaired) electrons. The summed E-state index contributed by atoms with van der Waals surface area (Å²) >= 11 is 15.8. The first-order valence-electron chi connectivity index (χ1n) is 9.52. The Kier molecular flexibility index (Phi) is 8.32. The highest BCUT2D eigenvalue weighted by atomic mass is 127. The molecule has 3 aromatic rings. The molecule has 2 heterocycles. The van der Waals surface area contributed by atoms with E-state index in [2.05, 4.69) is 65.8 Å². The zero-order valence-electron chi connectivity index (χ0n) is 16.6. The van der Waals surface area contributed by atoms with Crippen LogP contribution in [0.4, 0.5) is 5.69 Å². The van der Waals surface area contributed by atoms with Crippen molar-refractivity contribution in [1.29, 1.82) is 0 Å². The van der Waals surface area contributed by atoms with Crippen LogP contribution in [0.5, 0.6) is 0 Å². The Morgan fingerprint density at radius 2 is 1.77 bits per heavy atom. The number of rotatable bonds is 5. The average Bonchev–Trinajstić information content (AvgIpc) is 3.23. The van der Waals surface area contributed by atoms with Gasteiger partial charge in [-0.1, -0.05) is 64.5 Å². The molecule has 7 heteroatoms. The predicted octanol–water partition coefficient (Wildman–Crippen LogP) is 4.56. The zero-order valence-corrected chi connectivity index (χ0v) is 21.9. The zero-order chi connectivity index (χ0) is 20.4.